The predicted molar refractivity (Wildman–Crippen MR) is 140 cm³/mol. The van der Waals surface area contributed by atoms with Gasteiger partial charge in [-0.1, -0.05) is 18.2 Å². The second kappa shape index (κ2) is 9.15. The number of pyridine rings is 3. The van der Waals surface area contributed by atoms with Crippen molar-refractivity contribution in [3.63, 3.8) is 0 Å². The topological polar surface area (TPSA) is 48.4 Å². The summed E-state index contributed by atoms with van der Waals surface area (Å²) in [5.74, 6) is 0.942. The Labute approximate surface area is 212 Å². The van der Waals surface area contributed by atoms with Crippen LogP contribution in [0.5, 0.6) is 0 Å². The number of benzene rings is 1. The number of likely N-dealkylation sites (N-methyl/N-ethyl adjacent to an activating group) is 1. The lowest BCUT2D eigenvalue weighted by Gasteiger charge is -2.33. The van der Waals surface area contributed by atoms with E-state index in [0.29, 0.717) is 23.3 Å². The first-order chi connectivity index (χ1) is 17.9. The smallest absolute Gasteiger partial charge is 0.354 e. The predicted octanol–water partition coefficient (Wildman–Crippen LogP) is 5.63. The maximum Gasteiger partial charge on any atom is 0.416 e. The zero-order valence-electron chi connectivity index (χ0n) is 20.3. The van der Waals surface area contributed by atoms with Crippen LogP contribution in [0.1, 0.15) is 11.1 Å². The van der Waals surface area contributed by atoms with Crippen molar-refractivity contribution >= 4 is 34.3 Å². The molecule has 1 aromatic carbocycles. The van der Waals surface area contributed by atoms with Crippen molar-refractivity contribution < 1.29 is 13.2 Å². The van der Waals surface area contributed by atoms with E-state index in [9.17, 15) is 13.2 Å². The van der Waals surface area contributed by atoms with E-state index in [1.54, 1.807) is 12.3 Å². The van der Waals surface area contributed by atoms with Gasteiger partial charge in [0, 0.05) is 61.9 Å². The molecule has 0 bridgehead atoms. The normalized spacial score (nSPS) is 16.3. The van der Waals surface area contributed by atoms with Gasteiger partial charge in [-0.25, -0.2) is 9.97 Å². The van der Waals surface area contributed by atoms with Crippen LogP contribution in [0, 0.1) is 0 Å². The van der Waals surface area contributed by atoms with Crippen LogP contribution in [0.15, 0.2) is 67.0 Å². The summed E-state index contributed by atoms with van der Waals surface area (Å²) in [5, 5.41) is 0. The minimum atomic E-state index is -4.42. The molecule has 0 saturated carbocycles. The van der Waals surface area contributed by atoms with E-state index in [2.05, 4.69) is 21.8 Å². The lowest BCUT2D eigenvalue weighted by Crippen LogP contribution is -2.44. The van der Waals surface area contributed by atoms with Crippen molar-refractivity contribution in [1.29, 1.82) is 0 Å². The summed E-state index contributed by atoms with van der Waals surface area (Å²) in [6.45, 7) is 4.32. The average molecular weight is 503 g/mol. The van der Waals surface area contributed by atoms with E-state index >= 15 is 0 Å². The van der Waals surface area contributed by atoms with Crippen molar-refractivity contribution in [3.8, 4) is 11.3 Å². The lowest BCUT2D eigenvalue weighted by atomic mass is 10.1. The Hall–Kier alpha value is -3.98. The molecule has 6 nitrogen and oxygen atoms in total. The summed E-state index contributed by atoms with van der Waals surface area (Å²) in [7, 11) is 2.12. The third kappa shape index (κ3) is 4.51. The Bertz CT molecular complexity index is 1470. The fraction of sp³-hybridized carbons (Fsp3) is 0.250. The largest absolute Gasteiger partial charge is 0.416 e. The van der Waals surface area contributed by atoms with E-state index in [4.69, 9.17) is 9.97 Å². The van der Waals surface area contributed by atoms with Crippen molar-refractivity contribution in [2.45, 2.75) is 6.18 Å². The standard InChI is InChI=1S/C28H25F3N6/c1-35-12-14-36(15-13-35)25-10-7-19(17-33-25)23-8-9-24-26(34-23)27-20(18-32-24)4-3-11-37(27)22-6-2-5-21(16-22)28(29,30)31/h2-10,16-18H,11-15H2,1H3. The molecule has 3 aromatic heterocycles. The molecule has 0 atom stereocenters. The van der Waals surface area contributed by atoms with Crippen LogP contribution in [0.4, 0.5) is 30.4 Å². The van der Waals surface area contributed by atoms with E-state index in [1.165, 1.54) is 12.1 Å². The van der Waals surface area contributed by atoms with E-state index in [-0.39, 0.29) is 0 Å². The third-order valence-electron chi connectivity index (χ3n) is 6.93. The van der Waals surface area contributed by atoms with Gasteiger partial charge in [0.05, 0.1) is 22.5 Å². The number of halogens is 3. The number of rotatable bonds is 3. The first-order valence-corrected chi connectivity index (χ1v) is 12.2. The van der Waals surface area contributed by atoms with Gasteiger partial charge in [0.15, 0.2) is 0 Å². The van der Waals surface area contributed by atoms with Gasteiger partial charge in [-0.2, -0.15) is 13.2 Å². The molecule has 0 amide bonds. The number of hydrogen-bond acceptors (Lipinski definition) is 6. The van der Waals surface area contributed by atoms with Crippen LogP contribution in [-0.2, 0) is 6.18 Å². The number of anilines is 3. The molecule has 4 aromatic rings. The van der Waals surface area contributed by atoms with Gasteiger partial charge in [0.1, 0.15) is 11.3 Å². The first-order valence-electron chi connectivity index (χ1n) is 12.2. The van der Waals surface area contributed by atoms with Gasteiger partial charge in [0.25, 0.3) is 0 Å². The molecule has 6 rings (SSSR count). The molecule has 0 N–H and O–H groups in total. The third-order valence-corrected chi connectivity index (χ3v) is 6.93. The van der Waals surface area contributed by atoms with Gasteiger partial charge in [0.2, 0.25) is 0 Å². The van der Waals surface area contributed by atoms with Gasteiger partial charge >= 0.3 is 6.18 Å². The summed E-state index contributed by atoms with van der Waals surface area (Å²) in [6, 6.07) is 13.2. The Morgan fingerprint density at radius 1 is 0.892 bits per heavy atom. The molecule has 0 radical (unpaired) electrons. The van der Waals surface area contributed by atoms with Crippen LogP contribution < -0.4 is 9.80 Å². The number of hydrogen-bond donors (Lipinski definition) is 0. The van der Waals surface area contributed by atoms with Gasteiger partial charge in [-0.3, -0.25) is 4.98 Å². The summed E-state index contributed by atoms with van der Waals surface area (Å²) >= 11 is 0. The second-order valence-corrected chi connectivity index (χ2v) is 9.38. The Morgan fingerprint density at radius 2 is 1.73 bits per heavy atom. The van der Waals surface area contributed by atoms with Crippen LogP contribution in [0.3, 0.4) is 0 Å². The molecule has 0 aliphatic carbocycles. The highest BCUT2D eigenvalue weighted by atomic mass is 19.4. The highest BCUT2D eigenvalue weighted by Gasteiger charge is 2.31. The van der Waals surface area contributed by atoms with Gasteiger partial charge < -0.3 is 14.7 Å². The maximum atomic E-state index is 13.4. The van der Waals surface area contributed by atoms with E-state index < -0.39 is 11.7 Å². The van der Waals surface area contributed by atoms with Crippen molar-refractivity contribution in [3.05, 3.63) is 78.1 Å². The summed E-state index contributed by atoms with van der Waals surface area (Å²) in [4.78, 5) is 20.6. The van der Waals surface area contributed by atoms with Crippen LogP contribution in [0.25, 0.3) is 28.4 Å². The molecular formula is C28H25F3N6. The van der Waals surface area contributed by atoms with Gasteiger partial charge in [-0.05, 0) is 49.5 Å². The summed E-state index contributed by atoms with van der Waals surface area (Å²) in [6.07, 6.45) is 3.00. The summed E-state index contributed by atoms with van der Waals surface area (Å²) in [5.41, 5.74) is 4.25. The number of fused-ring (bicyclic) bond motifs is 3. The fourth-order valence-corrected chi connectivity index (χ4v) is 4.85. The zero-order valence-corrected chi connectivity index (χ0v) is 20.3. The minimum absolute atomic E-state index is 0.431. The molecular weight excluding hydrogens is 477 g/mol. The minimum Gasteiger partial charge on any atom is -0.354 e. The first kappa shape index (κ1) is 23.4. The molecule has 1 fully saturated rings. The van der Waals surface area contributed by atoms with Crippen molar-refractivity contribution in [2.75, 3.05) is 49.6 Å². The fourth-order valence-electron chi connectivity index (χ4n) is 4.85. The Kier molecular flexibility index (Phi) is 5.79. The molecule has 0 unspecified atom stereocenters. The summed E-state index contributed by atoms with van der Waals surface area (Å²) < 4.78 is 40.3. The quantitative estimate of drug-likeness (QED) is 0.362. The molecule has 188 valence electrons. The van der Waals surface area contributed by atoms with Crippen LogP contribution in [0.2, 0.25) is 0 Å². The van der Waals surface area contributed by atoms with Crippen molar-refractivity contribution in [2.24, 2.45) is 0 Å². The number of alkyl halides is 3. The van der Waals surface area contributed by atoms with E-state index in [1.807, 2.05) is 47.5 Å². The van der Waals surface area contributed by atoms with Crippen molar-refractivity contribution in [1.82, 2.24) is 19.9 Å². The van der Waals surface area contributed by atoms with Gasteiger partial charge in [-0.15, -0.1) is 0 Å². The molecule has 37 heavy (non-hydrogen) atoms. The number of aromatic nitrogens is 3. The monoisotopic (exact) mass is 502 g/mol. The molecule has 1 saturated heterocycles. The Morgan fingerprint density at radius 3 is 2.49 bits per heavy atom. The second-order valence-electron chi connectivity index (χ2n) is 9.38. The highest BCUT2D eigenvalue weighted by Crippen LogP contribution is 2.39. The Balaban J connectivity index is 1.39. The number of nitrogens with zero attached hydrogens (tertiary/aromatic N) is 6. The average Bonchev–Trinajstić information content (AvgIpc) is 2.92. The molecule has 5 heterocycles. The van der Waals surface area contributed by atoms with Crippen LogP contribution in [-0.4, -0.2) is 59.6 Å². The zero-order chi connectivity index (χ0) is 25.6. The SMILES string of the molecule is CN1CCN(c2ccc(-c3ccc4ncc5c(c4n3)N(c3cccc(C(F)(F)F)c3)CC=C5)cn2)CC1. The number of piperazine rings is 1. The molecule has 2 aliphatic rings. The maximum absolute atomic E-state index is 13.4. The lowest BCUT2D eigenvalue weighted by molar-refractivity contribution is -0.137. The highest BCUT2D eigenvalue weighted by molar-refractivity contribution is 5.97. The van der Waals surface area contributed by atoms with Crippen LogP contribution >= 0.6 is 0 Å². The molecule has 9 heteroatoms. The molecule has 0 spiro atoms. The molecule has 2 aliphatic heterocycles. The van der Waals surface area contributed by atoms with E-state index in [0.717, 1.165) is 60.6 Å².